The van der Waals surface area contributed by atoms with E-state index in [1.165, 1.54) is 63.6 Å². The van der Waals surface area contributed by atoms with Crippen molar-refractivity contribution in [2.45, 2.75) is 0 Å². The summed E-state index contributed by atoms with van der Waals surface area (Å²) in [7, 11) is 0. The van der Waals surface area contributed by atoms with E-state index in [4.69, 9.17) is 15.0 Å². The van der Waals surface area contributed by atoms with Crippen LogP contribution in [0, 0.1) is 0 Å². The van der Waals surface area contributed by atoms with E-state index in [1.807, 2.05) is 41.7 Å². The van der Waals surface area contributed by atoms with E-state index in [1.54, 1.807) is 0 Å². The number of hydrogen-bond donors (Lipinski definition) is 0. The number of thiophene rings is 1. The molecular formula is C51H31N3S. The first-order valence-corrected chi connectivity index (χ1v) is 19.3. The SMILES string of the molecule is c1ccc(-c2nc(-c3ccc4c(c3)sc3cc(-c5ccc6c7ccccc7c7ccccc7c6c5)ccc34)nc(-c3ccccc3-c3ccccc3)n2)cc1. The Morgan fingerprint density at radius 1 is 0.255 bits per heavy atom. The molecule has 2 heterocycles. The lowest BCUT2D eigenvalue weighted by Gasteiger charge is -2.12. The predicted molar refractivity (Wildman–Crippen MR) is 232 cm³/mol. The molecule has 0 fully saturated rings. The maximum Gasteiger partial charge on any atom is 0.164 e. The van der Waals surface area contributed by atoms with Gasteiger partial charge in [-0.1, -0.05) is 170 Å². The molecule has 0 aliphatic rings. The van der Waals surface area contributed by atoms with Crippen molar-refractivity contribution < 1.29 is 0 Å². The lowest BCUT2D eigenvalue weighted by molar-refractivity contribution is 1.07. The smallest absolute Gasteiger partial charge is 0.164 e. The van der Waals surface area contributed by atoms with E-state index in [-0.39, 0.29) is 0 Å². The molecule has 3 nitrogen and oxygen atoms in total. The molecule has 9 aromatic carbocycles. The van der Waals surface area contributed by atoms with Crippen LogP contribution >= 0.6 is 11.3 Å². The van der Waals surface area contributed by atoms with Gasteiger partial charge in [0.25, 0.3) is 0 Å². The fourth-order valence-corrected chi connectivity index (χ4v) is 9.26. The Bertz CT molecular complexity index is 3220. The molecule has 0 amide bonds. The maximum absolute atomic E-state index is 5.15. The Hall–Kier alpha value is -7.01. The van der Waals surface area contributed by atoms with Gasteiger partial charge in [0.05, 0.1) is 0 Å². The average Bonchev–Trinajstić information content (AvgIpc) is 3.64. The van der Waals surface area contributed by atoms with Gasteiger partial charge in [-0.2, -0.15) is 0 Å². The molecule has 0 saturated heterocycles. The number of benzene rings is 9. The largest absolute Gasteiger partial charge is 0.208 e. The molecule has 0 atom stereocenters. The zero-order chi connectivity index (χ0) is 36.3. The number of aromatic nitrogens is 3. The zero-order valence-corrected chi connectivity index (χ0v) is 30.5. The van der Waals surface area contributed by atoms with Crippen molar-refractivity contribution in [2.75, 3.05) is 0 Å². The van der Waals surface area contributed by atoms with Crippen LogP contribution in [0.1, 0.15) is 0 Å². The summed E-state index contributed by atoms with van der Waals surface area (Å²) in [5.74, 6) is 1.96. The summed E-state index contributed by atoms with van der Waals surface area (Å²) in [6.45, 7) is 0. The molecular weight excluding hydrogens is 687 g/mol. The molecule has 256 valence electrons. The summed E-state index contributed by atoms with van der Waals surface area (Å²) in [5, 5.41) is 10.2. The third kappa shape index (κ3) is 5.38. The van der Waals surface area contributed by atoms with Crippen LogP contribution in [0.15, 0.2) is 188 Å². The number of hydrogen-bond acceptors (Lipinski definition) is 4. The first-order chi connectivity index (χ1) is 27.2. The number of rotatable bonds is 5. The minimum Gasteiger partial charge on any atom is -0.208 e. The van der Waals surface area contributed by atoms with Crippen molar-refractivity contribution in [1.82, 2.24) is 15.0 Å². The van der Waals surface area contributed by atoms with Gasteiger partial charge in [-0.15, -0.1) is 11.3 Å². The molecule has 0 saturated carbocycles. The number of fused-ring (bicyclic) bond motifs is 9. The van der Waals surface area contributed by atoms with Crippen molar-refractivity contribution in [3.8, 4) is 56.4 Å². The summed E-state index contributed by atoms with van der Waals surface area (Å²) < 4.78 is 2.46. The molecule has 0 aliphatic carbocycles. The minimum absolute atomic E-state index is 0.653. The van der Waals surface area contributed by atoms with Gasteiger partial charge in [-0.3, -0.25) is 0 Å². The van der Waals surface area contributed by atoms with Gasteiger partial charge in [0.1, 0.15) is 0 Å². The molecule has 11 aromatic rings. The molecule has 0 spiro atoms. The highest BCUT2D eigenvalue weighted by Gasteiger charge is 2.17. The highest BCUT2D eigenvalue weighted by Crippen LogP contribution is 2.41. The molecule has 2 aromatic heterocycles. The van der Waals surface area contributed by atoms with Gasteiger partial charge in [-0.25, -0.2) is 15.0 Å². The molecule has 0 aliphatic heterocycles. The lowest BCUT2D eigenvalue weighted by Crippen LogP contribution is -2.01. The Morgan fingerprint density at radius 3 is 1.31 bits per heavy atom. The maximum atomic E-state index is 5.15. The fraction of sp³-hybridized carbons (Fsp3) is 0. The minimum atomic E-state index is 0.653. The summed E-state index contributed by atoms with van der Waals surface area (Å²) in [6, 6.07) is 66.9. The summed E-state index contributed by atoms with van der Waals surface area (Å²) in [6.07, 6.45) is 0. The Balaban J connectivity index is 1.03. The second-order valence-electron chi connectivity index (χ2n) is 14.0. The van der Waals surface area contributed by atoms with Crippen LogP contribution in [0.4, 0.5) is 0 Å². The highest BCUT2D eigenvalue weighted by atomic mass is 32.1. The average molecular weight is 718 g/mol. The lowest BCUT2D eigenvalue weighted by atomic mass is 9.92. The third-order valence-electron chi connectivity index (χ3n) is 10.7. The Labute approximate surface area is 321 Å². The van der Waals surface area contributed by atoms with Crippen LogP contribution in [0.5, 0.6) is 0 Å². The van der Waals surface area contributed by atoms with Gasteiger partial charge in [0.2, 0.25) is 0 Å². The van der Waals surface area contributed by atoms with Gasteiger partial charge in [-0.05, 0) is 72.8 Å². The van der Waals surface area contributed by atoms with Crippen LogP contribution in [0.2, 0.25) is 0 Å². The van der Waals surface area contributed by atoms with E-state index in [0.717, 1.165) is 27.8 Å². The fourth-order valence-electron chi connectivity index (χ4n) is 8.07. The Morgan fingerprint density at radius 2 is 0.673 bits per heavy atom. The van der Waals surface area contributed by atoms with Crippen LogP contribution in [-0.2, 0) is 0 Å². The molecule has 0 bridgehead atoms. The van der Waals surface area contributed by atoms with E-state index >= 15 is 0 Å². The predicted octanol–water partition coefficient (Wildman–Crippen LogP) is 14.0. The van der Waals surface area contributed by atoms with E-state index < -0.39 is 0 Å². The first-order valence-electron chi connectivity index (χ1n) is 18.5. The van der Waals surface area contributed by atoms with Crippen LogP contribution in [-0.4, -0.2) is 15.0 Å². The first kappa shape index (κ1) is 31.5. The number of nitrogens with zero attached hydrogens (tertiary/aromatic N) is 3. The monoisotopic (exact) mass is 717 g/mol. The van der Waals surface area contributed by atoms with Crippen molar-refractivity contribution in [3.63, 3.8) is 0 Å². The van der Waals surface area contributed by atoms with Crippen molar-refractivity contribution in [2.24, 2.45) is 0 Å². The third-order valence-corrected chi connectivity index (χ3v) is 11.8. The normalized spacial score (nSPS) is 11.6. The summed E-state index contributed by atoms with van der Waals surface area (Å²) in [5.41, 5.74) is 7.53. The quantitative estimate of drug-likeness (QED) is 0.166. The van der Waals surface area contributed by atoms with Crippen molar-refractivity contribution >= 4 is 63.8 Å². The van der Waals surface area contributed by atoms with Crippen LogP contribution < -0.4 is 0 Å². The van der Waals surface area contributed by atoms with Crippen LogP contribution in [0.3, 0.4) is 0 Å². The zero-order valence-electron chi connectivity index (χ0n) is 29.6. The topological polar surface area (TPSA) is 38.7 Å². The molecule has 0 N–H and O–H groups in total. The Kier molecular flexibility index (Phi) is 7.35. The van der Waals surface area contributed by atoms with Crippen molar-refractivity contribution in [1.29, 1.82) is 0 Å². The van der Waals surface area contributed by atoms with Gasteiger partial charge < -0.3 is 0 Å². The molecule has 55 heavy (non-hydrogen) atoms. The molecule has 0 radical (unpaired) electrons. The van der Waals surface area contributed by atoms with Crippen LogP contribution in [0.25, 0.3) is 109 Å². The van der Waals surface area contributed by atoms with Gasteiger partial charge in [0, 0.05) is 36.9 Å². The van der Waals surface area contributed by atoms with E-state index in [2.05, 4.69) is 158 Å². The molecule has 11 rings (SSSR count). The standard InChI is InChI=1S/C51H31N3S/c1-3-13-32(14-4-1)37-17-7-12-22-45(37)51-53-49(33-15-5-2-6-16-33)52-50(54-51)36-25-28-44-43-27-24-35(30-47(43)55-48(44)31-36)34-23-26-42-40-20-9-8-18-38(40)39-19-10-11-21-41(39)46(42)29-34/h1-31H. The van der Waals surface area contributed by atoms with E-state index in [9.17, 15) is 0 Å². The second kappa shape index (κ2) is 12.8. The van der Waals surface area contributed by atoms with Crippen molar-refractivity contribution in [3.05, 3.63) is 188 Å². The summed E-state index contributed by atoms with van der Waals surface area (Å²) >= 11 is 1.82. The van der Waals surface area contributed by atoms with Gasteiger partial charge >= 0.3 is 0 Å². The highest BCUT2D eigenvalue weighted by molar-refractivity contribution is 7.25. The molecule has 0 unspecified atom stereocenters. The summed E-state index contributed by atoms with van der Waals surface area (Å²) in [4.78, 5) is 15.3. The second-order valence-corrected chi connectivity index (χ2v) is 15.0. The molecule has 4 heteroatoms. The van der Waals surface area contributed by atoms with Gasteiger partial charge in [0.15, 0.2) is 17.5 Å². The van der Waals surface area contributed by atoms with E-state index in [0.29, 0.717) is 17.5 Å².